The molecule has 1 heterocycles. The lowest BCUT2D eigenvalue weighted by molar-refractivity contribution is -0.135. The summed E-state index contributed by atoms with van der Waals surface area (Å²) in [5.74, 6) is 1.72. The van der Waals surface area contributed by atoms with Crippen LogP contribution in [0, 0.1) is 0 Å². The lowest BCUT2D eigenvalue weighted by Gasteiger charge is -2.25. The van der Waals surface area contributed by atoms with Crippen molar-refractivity contribution in [2.75, 3.05) is 27.9 Å². The van der Waals surface area contributed by atoms with Gasteiger partial charge in [-0.2, -0.15) is 0 Å². The van der Waals surface area contributed by atoms with Gasteiger partial charge in [-0.25, -0.2) is 0 Å². The van der Waals surface area contributed by atoms with Crippen LogP contribution in [0.2, 0.25) is 0 Å². The van der Waals surface area contributed by atoms with Crippen molar-refractivity contribution in [3.8, 4) is 28.7 Å². The molecule has 0 radical (unpaired) electrons. The molecule has 0 saturated heterocycles. The molecule has 0 bridgehead atoms. The molecule has 2 N–H and O–H groups in total. The topological polar surface area (TPSA) is 104 Å². The van der Waals surface area contributed by atoms with Crippen molar-refractivity contribution in [1.29, 1.82) is 0 Å². The fourth-order valence-corrected chi connectivity index (χ4v) is 2.96. The molecule has 2 amide bonds. The maximum Gasteiger partial charge on any atom is 0.283 e. The van der Waals surface area contributed by atoms with Gasteiger partial charge in [0.15, 0.2) is 23.0 Å². The van der Waals surface area contributed by atoms with Crippen LogP contribution in [0.4, 0.5) is 0 Å². The SMILES string of the molecule is COc1cc(CCC(=O)NNC(=O)[C@@H]2COc3ccccc3O2)cc(OC)c1OC. The van der Waals surface area contributed by atoms with Crippen LogP contribution in [0.15, 0.2) is 36.4 Å². The third kappa shape index (κ3) is 4.86. The van der Waals surface area contributed by atoms with Gasteiger partial charge in [0.2, 0.25) is 17.8 Å². The number of carbonyl (C=O) groups is 2. The van der Waals surface area contributed by atoms with Crippen LogP contribution >= 0.6 is 0 Å². The van der Waals surface area contributed by atoms with E-state index in [0.717, 1.165) is 5.56 Å². The van der Waals surface area contributed by atoms with Crippen LogP contribution in [0.1, 0.15) is 12.0 Å². The number of aryl methyl sites for hydroxylation is 1. The molecule has 0 fully saturated rings. The Morgan fingerprint density at radius 3 is 2.30 bits per heavy atom. The Balaban J connectivity index is 1.50. The monoisotopic (exact) mass is 416 g/mol. The maximum absolute atomic E-state index is 12.2. The molecule has 9 heteroatoms. The normalized spacial score (nSPS) is 14.4. The second kappa shape index (κ2) is 9.73. The van der Waals surface area contributed by atoms with E-state index in [0.29, 0.717) is 35.2 Å². The molecule has 0 aromatic heterocycles. The number of rotatable bonds is 7. The Bertz CT molecular complexity index is 891. The first-order chi connectivity index (χ1) is 14.5. The van der Waals surface area contributed by atoms with E-state index in [1.54, 1.807) is 30.3 Å². The van der Waals surface area contributed by atoms with Crippen molar-refractivity contribution in [2.24, 2.45) is 0 Å². The van der Waals surface area contributed by atoms with Crippen LogP contribution in [0.5, 0.6) is 28.7 Å². The minimum atomic E-state index is -0.852. The summed E-state index contributed by atoms with van der Waals surface area (Å²) in [5, 5.41) is 0. The predicted molar refractivity (Wildman–Crippen MR) is 107 cm³/mol. The molecular weight excluding hydrogens is 392 g/mol. The second-order valence-corrected chi connectivity index (χ2v) is 6.44. The Hall–Kier alpha value is -3.62. The molecule has 1 aliphatic rings. The van der Waals surface area contributed by atoms with E-state index >= 15 is 0 Å². The standard InChI is InChI=1S/C21H24N2O7/c1-26-16-10-13(11-17(27-2)20(16)28-3)8-9-19(24)22-23-21(25)18-12-29-14-6-4-5-7-15(14)30-18/h4-7,10-11,18H,8-9,12H2,1-3H3,(H,22,24)(H,23,25)/t18-/m0/s1. The maximum atomic E-state index is 12.2. The number of amides is 2. The van der Waals surface area contributed by atoms with E-state index in [2.05, 4.69) is 10.9 Å². The number of carbonyl (C=O) groups excluding carboxylic acids is 2. The lowest BCUT2D eigenvalue weighted by Crippen LogP contribution is -2.50. The van der Waals surface area contributed by atoms with E-state index < -0.39 is 12.0 Å². The first kappa shape index (κ1) is 21.1. The average molecular weight is 416 g/mol. The molecule has 2 aromatic carbocycles. The molecule has 30 heavy (non-hydrogen) atoms. The third-order valence-corrected chi connectivity index (χ3v) is 4.49. The second-order valence-electron chi connectivity index (χ2n) is 6.44. The van der Waals surface area contributed by atoms with Crippen LogP contribution in [-0.2, 0) is 16.0 Å². The lowest BCUT2D eigenvalue weighted by atomic mass is 10.1. The number of ether oxygens (including phenoxy) is 5. The average Bonchev–Trinajstić information content (AvgIpc) is 2.79. The largest absolute Gasteiger partial charge is 0.493 e. The third-order valence-electron chi connectivity index (χ3n) is 4.49. The summed E-state index contributed by atoms with van der Waals surface area (Å²) in [4.78, 5) is 24.4. The molecule has 0 aliphatic carbocycles. The molecule has 1 aliphatic heterocycles. The predicted octanol–water partition coefficient (Wildman–Crippen LogP) is 1.63. The van der Waals surface area contributed by atoms with Crippen molar-refractivity contribution in [1.82, 2.24) is 10.9 Å². The highest BCUT2D eigenvalue weighted by molar-refractivity contribution is 5.85. The number of fused-ring (bicyclic) bond motifs is 1. The molecule has 0 saturated carbocycles. The number of methoxy groups -OCH3 is 3. The Morgan fingerprint density at radius 2 is 1.67 bits per heavy atom. The fraction of sp³-hybridized carbons (Fsp3) is 0.333. The molecule has 9 nitrogen and oxygen atoms in total. The Labute approximate surface area is 174 Å². The zero-order valence-electron chi connectivity index (χ0n) is 17.0. The number of hydrazine groups is 1. The summed E-state index contributed by atoms with van der Waals surface area (Å²) in [7, 11) is 4.58. The van der Waals surface area contributed by atoms with Gasteiger partial charge < -0.3 is 23.7 Å². The van der Waals surface area contributed by atoms with Crippen LogP contribution in [-0.4, -0.2) is 45.9 Å². The Morgan fingerprint density at radius 1 is 1.00 bits per heavy atom. The summed E-state index contributed by atoms with van der Waals surface area (Å²) in [6, 6.07) is 10.6. The Kier molecular flexibility index (Phi) is 6.84. The van der Waals surface area contributed by atoms with Gasteiger partial charge in [-0.15, -0.1) is 0 Å². The van der Waals surface area contributed by atoms with Crippen molar-refractivity contribution in [2.45, 2.75) is 18.9 Å². The van der Waals surface area contributed by atoms with E-state index in [1.165, 1.54) is 21.3 Å². The van der Waals surface area contributed by atoms with Crippen LogP contribution in [0.3, 0.4) is 0 Å². The fourth-order valence-electron chi connectivity index (χ4n) is 2.96. The van der Waals surface area contributed by atoms with Gasteiger partial charge >= 0.3 is 0 Å². The molecule has 2 aromatic rings. The molecule has 1 atom stereocenters. The van der Waals surface area contributed by atoms with Crippen molar-refractivity contribution in [3.05, 3.63) is 42.0 Å². The number of para-hydroxylation sites is 2. The van der Waals surface area contributed by atoms with Gasteiger partial charge in [-0.1, -0.05) is 12.1 Å². The minimum Gasteiger partial charge on any atom is -0.493 e. The molecular formula is C21H24N2O7. The van der Waals surface area contributed by atoms with Crippen molar-refractivity contribution >= 4 is 11.8 Å². The molecule has 0 unspecified atom stereocenters. The van der Waals surface area contributed by atoms with Gasteiger partial charge in [0.05, 0.1) is 21.3 Å². The highest BCUT2D eigenvalue weighted by atomic mass is 16.6. The van der Waals surface area contributed by atoms with E-state index in [9.17, 15) is 9.59 Å². The number of hydrogen-bond donors (Lipinski definition) is 2. The van der Waals surface area contributed by atoms with Crippen molar-refractivity contribution < 1.29 is 33.3 Å². The number of hydrogen-bond acceptors (Lipinski definition) is 7. The molecule has 0 spiro atoms. The number of nitrogens with one attached hydrogen (secondary N) is 2. The summed E-state index contributed by atoms with van der Waals surface area (Å²) in [6.07, 6.45) is -0.297. The van der Waals surface area contributed by atoms with Crippen molar-refractivity contribution in [3.63, 3.8) is 0 Å². The van der Waals surface area contributed by atoms with E-state index in [-0.39, 0.29) is 18.9 Å². The molecule has 160 valence electrons. The zero-order valence-corrected chi connectivity index (χ0v) is 17.0. The summed E-state index contributed by atoms with van der Waals surface area (Å²) in [5.41, 5.74) is 5.59. The summed E-state index contributed by atoms with van der Waals surface area (Å²) < 4.78 is 27.0. The van der Waals surface area contributed by atoms with Gasteiger partial charge in [0.1, 0.15) is 6.61 Å². The smallest absolute Gasteiger partial charge is 0.283 e. The van der Waals surface area contributed by atoms with Gasteiger partial charge in [-0.05, 0) is 36.2 Å². The summed E-state index contributed by atoms with van der Waals surface area (Å²) in [6.45, 7) is 0.0597. The van der Waals surface area contributed by atoms with Gasteiger partial charge in [0.25, 0.3) is 5.91 Å². The van der Waals surface area contributed by atoms with E-state index in [1.807, 2.05) is 6.07 Å². The highest BCUT2D eigenvalue weighted by Crippen LogP contribution is 2.38. The quantitative estimate of drug-likeness (QED) is 0.661. The van der Waals surface area contributed by atoms with E-state index in [4.69, 9.17) is 23.7 Å². The zero-order chi connectivity index (χ0) is 21.5. The number of benzene rings is 2. The van der Waals surface area contributed by atoms with Crippen LogP contribution in [0.25, 0.3) is 0 Å². The minimum absolute atomic E-state index is 0.0597. The van der Waals surface area contributed by atoms with Crippen LogP contribution < -0.4 is 34.5 Å². The van der Waals surface area contributed by atoms with Gasteiger partial charge in [-0.3, -0.25) is 20.4 Å². The first-order valence-corrected chi connectivity index (χ1v) is 9.31. The van der Waals surface area contributed by atoms with Gasteiger partial charge in [0, 0.05) is 6.42 Å². The molecule has 3 rings (SSSR count). The first-order valence-electron chi connectivity index (χ1n) is 9.31. The highest BCUT2D eigenvalue weighted by Gasteiger charge is 2.27. The summed E-state index contributed by atoms with van der Waals surface area (Å²) >= 11 is 0.